The number of nitrogens with zero attached hydrogens (tertiary/aromatic N) is 1. The van der Waals surface area contributed by atoms with Crippen molar-refractivity contribution >= 4 is 34.9 Å². The number of halogens is 2. The second-order valence-electron chi connectivity index (χ2n) is 5.51. The van der Waals surface area contributed by atoms with Crippen LogP contribution < -0.4 is 10.6 Å². The molecule has 0 fully saturated rings. The maximum Gasteiger partial charge on any atom is 0.321 e. The lowest BCUT2D eigenvalue weighted by molar-refractivity contribution is -0.121. The number of amides is 3. The first kappa shape index (κ1) is 19.4. The van der Waals surface area contributed by atoms with Crippen LogP contribution in [-0.4, -0.2) is 37.0 Å². The van der Waals surface area contributed by atoms with E-state index < -0.39 is 17.8 Å². The van der Waals surface area contributed by atoms with E-state index in [-0.39, 0.29) is 13.1 Å². The van der Waals surface area contributed by atoms with Gasteiger partial charge in [-0.15, -0.1) is 11.3 Å². The first-order valence-electron chi connectivity index (χ1n) is 7.67. The Morgan fingerprint density at radius 1 is 1.28 bits per heavy atom. The molecule has 5 nitrogen and oxygen atoms in total. The van der Waals surface area contributed by atoms with E-state index in [0.717, 1.165) is 4.88 Å². The van der Waals surface area contributed by atoms with Gasteiger partial charge < -0.3 is 5.32 Å². The summed E-state index contributed by atoms with van der Waals surface area (Å²) in [6.07, 6.45) is 0.713. The van der Waals surface area contributed by atoms with E-state index >= 15 is 0 Å². The molecule has 0 spiro atoms. The molecule has 0 aliphatic heterocycles. The van der Waals surface area contributed by atoms with E-state index in [1.165, 1.54) is 12.1 Å². The molecule has 0 saturated heterocycles. The van der Waals surface area contributed by atoms with E-state index in [9.17, 15) is 14.0 Å². The molecule has 2 rings (SSSR count). The smallest absolute Gasteiger partial charge is 0.321 e. The molecule has 2 N–H and O–H groups in total. The zero-order chi connectivity index (χ0) is 18.2. The Hall–Kier alpha value is -1.96. The fourth-order valence-corrected chi connectivity index (χ4v) is 3.15. The van der Waals surface area contributed by atoms with Crippen LogP contribution in [0.2, 0.25) is 5.02 Å². The summed E-state index contributed by atoms with van der Waals surface area (Å²) in [6.45, 7) is 0.558. The maximum atomic E-state index is 13.7. The molecule has 0 aliphatic rings. The second kappa shape index (κ2) is 9.50. The van der Waals surface area contributed by atoms with E-state index in [1.807, 2.05) is 17.5 Å². The Labute approximate surface area is 154 Å². The molecule has 1 heterocycles. The molecular weight excluding hydrogens is 365 g/mol. The number of hydrogen-bond donors (Lipinski definition) is 2. The molecule has 0 saturated carbocycles. The van der Waals surface area contributed by atoms with Gasteiger partial charge in [-0.3, -0.25) is 15.0 Å². The average molecular weight is 384 g/mol. The fraction of sp³-hybridized carbons (Fsp3) is 0.294. The molecule has 0 bridgehead atoms. The minimum atomic E-state index is -0.543. The molecule has 0 atom stereocenters. The van der Waals surface area contributed by atoms with Crippen LogP contribution in [0, 0.1) is 5.82 Å². The Morgan fingerprint density at radius 3 is 2.76 bits per heavy atom. The van der Waals surface area contributed by atoms with E-state index in [1.54, 1.807) is 29.4 Å². The third-order valence-corrected chi connectivity index (χ3v) is 4.68. The molecule has 1 aromatic carbocycles. The summed E-state index contributed by atoms with van der Waals surface area (Å²) in [6, 6.07) is 7.82. The maximum absolute atomic E-state index is 13.7. The molecule has 0 radical (unpaired) electrons. The SMILES string of the molecule is CN(CC(=O)NC(=O)NCCc1cccs1)Cc1c(F)cccc1Cl. The molecule has 2 aromatic rings. The van der Waals surface area contributed by atoms with Gasteiger partial charge in [-0.1, -0.05) is 23.7 Å². The van der Waals surface area contributed by atoms with Crippen molar-refractivity contribution < 1.29 is 14.0 Å². The molecule has 134 valence electrons. The first-order chi connectivity index (χ1) is 12.0. The molecule has 0 unspecified atom stereocenters. The lowest BCUT2D eigenvalue weighted by atomic mass is 10.2. The van der Waals surface area contributed by atoms with Crippen molar-refractivity contribution in [1.29, 1.82) is 0 Å². The number of benzene rings is 1. The van der Waals surface area contributed by atoms with Gasteiger partial charge in [0.05, 0.1) is 6.54 Å². The van der Waals surface area contributed by atoms with Gasteiger partial charge in [0.2, 0.25) is 5.91 Å². The highest BCUT2D eigenvalue weighted by atomic mass is 35.5. The standard InChI is InChI=1S/C17H19ClFN3O2S/c1-22(10-13-14(18)5-2-6-15(13)19)11-16(23)21-17(24)20-8-7-12-4-3-9-25-12/h2-6,9H,7-8,10-11H2,1H3,(H2,20,21,23,24). The molecule has 0 aliphatic carbocycles. The van der Waals surface area contributed by atoms with Crippen LogP contribution in [0.5, 0.6) is 0 Å². The fourth-order valence-electron chi connectivity index (χ4n) is 2.22. The summed E-state index contributed by atoms with van der Waals surface area (Å²) >= 11 is 7.58. The van der Waals surface area contributed by atoms with Crippen LogP contribution in [0.3, 0.4) is 0 Å². The zero-order valence-electron chi connectivity index (χ0n) is 13.7. The summed E-state index contributed by atoms with van der Waals surface area (Å²) in [5.74, 6) is -0.894. The van der Waals surface area contributed by atoms with Gasteiger partial charge in [0.15, 0.2) is 0 Å². The van der Waals surface area contributed by atoms with Crippen molar-refractivity contribution in [3.05, 3.63) is 57.0 Å². The van der Waals surface area contributed by atoms with Gasteiger partial charge in [0.1, 0.15) is 5.82 Å². The number of imide groups is 1. The van der Waals surface area contributed by atoms with E-state index in [4.69, 9.17) is 11.6 Å². The average Bonchev–Trinajstić information content (AvgIpc) is 3.04. The lowest BCUT2D eigenvalue weighted by Gasteiger charge is -2.17. The summed E-state index contributed by atoms with van der Waals surface area (Å²) in [4.78, 5) is 26.3. The number of thiophene rings is 1. The minimum Gasteiger partial charge on any atom is -0.337 e. The zero-order valence-corrected chi connectivity index (χ0v) is 15.3. The largest absolute Gasteiger partial charge is 0.337 e. The second-order valence-corrected chi connectivity index (χ2v) is 6.95. The van der Waals surface area contributed by atoms with E-state index in [2.05, 4.69) is 10.6 Å². The van der Waals surface area contributed by atoms with Crippen molar-refractivity contribution in [2.24, 2.45) is 0 Å². The van der Waals surface area contributed by atoms with Crippen molar-refractivity contribution in [1.82, 2.24) is 15.5 Å². The third kappa shape index (κ3) is 6.45. The lowest BCUT2D eigenvalue weighted by Crippen LogP contribution is -2.44. The topological polar surface area (TPSA) is 61.4 Å². The van der Waals surface area contributed by atoms with Crippen molar-refractivity contribution in [2.45, 2.75) is 13.0 Å². The number of hydrogen-bond acceptors (Lipinski definition) is 4. The highest BCUT2D eigenvalue weighted by molar-refractivity contribution is 7.09. The predicted molar refractivity (Wildman–Crippen MR) is 97.3 cm³/mol. The number of likely N-dealkylation sites (N-methyl/N-ethyl adjacent to an activating group) is 1. The Kier molecular flexibility index (Phi) is 7.36. The van der Waals surface area contributed by atoms with Crippen LogP contribution in [0.15, 0.2) is 35.7 Å². The molecule has 8 heteroatoms. The number of urea groups is 1. The number of carbonyl (C=O) groups excluding carboxylic acids is 2. The van der Waals surface area contributed by atoms with Crippen LogP contribution >= 0.6 is 22.9 Å². The molecular formula is C17H19ClFN3O2S. The van der Waals surface area contributed by atoms with Crippen LogP contribution in [0.4, 0.5) is 9.18 Å². The highest BCUT2D eigenvalue weighted by Gasteiger charge is 2.14. The molecule has 1 aromatic heterocycles. The van der Waals surface area contributed by atoms with Gasteiger partial charge in [0, 0.05) is 28.6 Å². The number of nitrogens with one attached hydrogen (secondary N) is 2. The van der Waals surface area contributed by atoms with Crippen LogP contribution in [0.25, 0.3) is 0 Å². The highest BCUT2D eigenvalue weighted by Crippen LogP contribution is 2.20. The third-order valence-electron chi connectivity index (χ3n) is 3.39. The van der Waals surface area contributed by atoms with E-state index in [0.29, 0.717) is 23.6 Å². The first-order valence-corrected chi connectivity index (χ1v) is 8.93. The van der Waals surface area contributed by atoms with Crippen LogP contribution in [-0.2, 0) is 17.8 Å². The summed E-state index contributed by atoms with van der Waals surface area (Å²) < 4.78 is 13.7. The van der Waals surface area contributed by atoms with Crippen molar-refractivity contribution in [3.8, 4) is 0 Å². The molecule has 3 amide bonds. The minimum absolute atomic E-state index is 0.0526. The number of rotatable bonds is 7. The molecule has 25 heavy (non-hydrogen) atoms. The number of carbonyl (C=O) groups is 2. The monoisotopic (exact) mass is 383 g/mol. The van der Waals surface area contributed by atoms with Gasteiger partial charge in [-0.2, -0.15) is 0 Å². The van der Waals surface area contributed by atoms with Crippen LogP contribution in [0.1, 0.15) is 10.4 Å². The predicted octanol–water partition coefficient (Wildman–Crippen LogP) is 3.04. The summed E-state index contributed by atoms with van der Waals surface area (Å²) in [5, 5.41) is 7.15. The summed E-state index contributed by atoms with van der Waals surface area (Å²) in [5.41, 5.74) is 0.319. The van der Waals surface area contributed by atoms with Crippen molar-refractivity contribution in [2.75, 3.05) is 20.1 Å². The Bertz CT molecular complexity index is 704. The van der Waals surface area contributed by atoms with Gasteiger partial charge in [-0.25, -0.2) is 9.18 Å². The van der Waals surface area contributed by atoms with Gasteiger partial charge >= 0.3 is 6.03 Å². The quantitative estimate of drug-likeness (QED) is 0.772. The normalized spacial score (nSPS) is 10.7. The van der Waals surface area contributed by atoms with Gasteiger partial charge in [0.25, 0.3) is 0 Å². The summed E-state index contributed by atoms with van der Waals surface area (Å²) in [7, 11) is 1.65. The Morgan fingerprint density at radius 2 is 2.08 bits per heavy atom. The van der Waals surface area contributed by atoms with Gasteiger partial charge in [-0.05, 0) is 37.0 Å². The van der Waals surface area contributed by atoms with Crippen molar-refractivity contribution in [3.63, 3.8) is 0 Å². The Balaban J connectivity index is 1.72.